The number of aromatic carboxylic acids is 1. The summed E-state index contributed by atoms with van der Waals surface area (Å²) in [6, 6.07) is 4.78. The largest absolute Gasteiger partial charge is 0.478 e. The molecule has 0 spiro atoms. The van der Waals surface area contributed by atoms with E-state index in [2.05, 4.69) is 0 Å². The van der Waals surface area contributed by atoms with Crippen molar-refractivity contribution in [3.63, 3.8) is 0 Å². The van der Waals surface area contributed by atoms with E-state index in [-0.39, 0.29) is 17.2 Å². The van der Waals surface area contributed by atoms with Gasteiger partial charge >= 0.3 is 5.97 Å². The van der Waals surface area contributed by atoms with E-state index >= 15 is 0 Å². The number of hydrogen-bond donors (Lipinski definition) is 2. The number of benzene rings is 1. The Hall–Kier alpha value is -0.710. The van der Waals surface area contributed by atoms with Crippen molar-refractivity contribution in [2.75, 3.05) is 12.4 Å². The van der Waals surface area contributed by atoms with E-state index < -0.39 is 5.97 Å². The molecule has 76 valence electrons. The third kappa shape index (κ3) is 2.90. The molecule has 0 heterocycles. The van der Waals surface area contributed by atoms with Crippen molar-refractivity contribution in [3.05, 3.63) is 28.8 Å². The van der Waals surface area contributed by atoms with Crippen LogP contribution in [0.15, 0.2) is 23.1 Å². The van der Waals surface area contributed by atoms with Crippen molar-refractivity contribution in [2.45, 2.75) is 4.90 Å². The van der Waals surface area contributed by atoms with E-state index in [0.29, 0.717) is 5.75 Å². The van der Waals surface area contributed by atoms with Gasteiger partial charge in [-0.1, -0.05) is 11.6 Å². The lowest BCUT2D eigenvalue weighted by Gasteiger charge is -2.02. The van der Waals surface area contributed by atoms with E-state index in [4.69, 9.17) is 21.8 Å². The van der Waals surface area contributed by atoms with Gasteiger partial charge in [-0.15, -0.1) is 11.8 Å². The summed E-state index contributed by atoms with van der Waals surface area (Å²) in [5, 5.41) is 17.6. The average Bonchev–Trinajstić information content (AvgIpc) is 2.16. The van der Waals surface area contributed by atoms with Gasteiger partial charge in [0.1, 0.15) is 0 Å². The quantitative estimate of drug-likeness (QED) is 0.781. The molecule has 0 amide bonds. The third-order valence-corrected chi connectivity index (χ3v) is 2.83. The molecule has 0 fully saturated rings. The second-order valence-corrected chi connectivity index (χ2v) is 4.09. The standard InChI is InChI=1S/C9H9ClO3S/c10-8-2-1-6(14-4-3-11)5-7(8)9(12)13/h1-2,5,11H,3-4H2,(H,12,13). The predicted molar refractivity (Wildman–Crippen MR) is 56.2 cm³/mol. The first-order valence-electron chi connectivity index (χ1n) is 3.91. The SMILES string of the molecule is O=C(O)c1cc(SCCO)ccc1Cl. The molecule has 1 rings (SSSR count). The van der Waals surface area contributed by atoms with Crippen LogP contribution in [0.5, 0.6) is 0 Å². The van der Waals surface area contributed by atoms with Crippen LogP contribution >= 0.6 is 23.4 Å². The van der Waals surface area contributed by atoms with Gasteiger partial charge in [-0.25, -0.2) is 4.79 Å². The summed E-state index contributed by atoms with van der Waals surface area (Å²) in [7, 11) is 0. The summed E-state index contributed by atoms with van der Waals surface area (Å²) in [6.07, 6.45) is 0. The molecular formula is C9H9ClO3S. The summed E-state index contributed by atoms with van der Waals surface area (Å²) in [6.45, 7) is 0.0652. The number of halogens is 1. The Balaban J connectivity index is 2.89. The fourth-order valence-electron chi connectivity index (χ4n) is 0.922. The van der Waals surface area contributed by atoms with Crippen LogP contribution in [-0.2, 0) is 0 Å². The molecule has 0 saturated carbocycles. The smallest absolute Gasteiger partial charge is 0.337 e. The second-order valence-electron chi connectivity index (χ2n) is 2.52. The molecule has 1 aromatic rings. The Labute approximate surface area is 90.7 Å². The molecule has 0 aliphatic heterocycles. The molecule has 0 radical (unpaired) electrons. The fraction of sp³-hybridized carbons (Fsp3) is 0.222. The Bertz CT molecular complexity index is 341. The summed E-state index contributed by atoms with van der Waals surface area (Å²) in [5.74, 6) is -0.498. The zero-order valence-corrected chi connectivity index (χ0v) is 8.81. The highest BCUT2D eigenvalue weighted by molar-refractivity contribution is 7.99. The number of aliphatic hydroxyl groups excluding tert-OH is 1. The second kappa shape index (κ2) is 5.24. The van der Waals surface area contributed by atoms with E-state index in [1.54, 1.807) is 12.1 Å². The van der Waals surface area contributed by atoms with Gasteiger partial charge in [0.2, 0.25) is 0 Å². The van der Waals surface area contributed by atoms with Gasteiger partial charge in [0.25, 0.3) is 0 Å². The lowest BCUT2D eigenvalue weighted by atomic mass is 10.2. The van der Waals surface area contributed by atoms with Crippen molar-refractivity contribution >= 4 is 29.3 Å². The van der Waals surface area contributed by atoms with Crippen LogP contribution in [0.3, 0.4) is 0 Å². The van der Waals surface area contributed by atoms with Crippen LogP contribution in [0.2, 0.25) is 5.02 Å². The molecule has 0 saturated heterocycles. The molecule has 5 heteroatoms. The van der Waals surface area contributed by atoms with E-state index in [1.807, 2.05) is 0 Å². The number of thioether (sulfide) groups is 1. The Kier molecular flexibility index (Phi) is 4.25. The van der Waals surface area contributed by atoms with Crippen LogP contribution in [0.1, 0.15) is 10.4 Å². The fourth-order valence-corrected chi connectivity index (χ4v) is 1.81. The minimum atomic E-state index is -1.04. The molecule has 14 heavy (non-hydrogen) atoms. The monoisotopic (exact) mass is 232 g/mol. The predicted octanol–water partition coefficient (Wildman–Crippen LogP) is 2.12. The van der Waals surface area contributed by atoms with E-state index in [0.717, 1.165) is 4.90 Å². The van der Waals surface area contributed by atoms with E-state index in [9.17, 15) is 4.79 Å². The molecule has 3 nitrogen and oxygen atoms in total. The average molecular weight is 233 g/mol. The molecule has 2 N–H and O–H groups in total. The van der Waals surface area contributed by atoms with Crippen molar-refractivity contribution < 1.29 is 15.0 Å². The van der Waals surface area contributed by atoms with Crippen LogP contribution in [0, 0.1) is 0 Å². The van der Waals surface area contributed by atoms with Crippen molar-refractivity contribution in [1.82, 2.24) is 0 Å². The number of hydrogen-bond acceptors (Lipinski definition) is 3. The minimum absolute atomic E-state index is 0.0652. The van der Waals surface area contributed by atoms with Crippen molar-refractivity contribution in [1.29, 1.82) is 0 Å². The van der Waals surface area contributed by atoms with Crippen molar-refractivity contribution in [2.24, 2.45) is 0 Å². The molecule has 0 aliphatic carbocycles. The molecule has 1 aromatic carbocycles. The lowest BCUT2D eigenvalue weighted by molar-refractivity contribution is 0.0697. The zero-order valence-electron chi connectivity index (χ0n) is 7.24. The molecule has 0 bridgehead atoms. The maximum Gasteiger partial charge on any atom is 0.337 e. The minimum Gasteiger partial charge on any atom is -0.478 e. The van der Waals surface area contributed by atoms with Crippen molar-refractivity contribution in [3.8, 4) is 0 Å². The van der Waals surface area contributed by atoms with Crippen LogP contribution in [-0.4, -0.2) is 28.5 Å². The number of carbonyl (C=O) groups is 1. The topological polar surface area (TPSA) is 57.5 Å². The maximum atomic E-state index is 10.7. The Morgan fingerprint density at radius 1 is 1.50 bits per heavy atom. The summed E-state index contributed by atoms with van der Waals surface area (Å²) in [4.78, 5) is 11.5. The van der Waals surface area contributed by atoms with Gasteiger partial charge < -0.3 is 10.2 Å². The molecule has 0 aromatic heterocycles. The summed E-state index contributed by atoms with van der Waals surface area (Å²) in [5.41, 5.74) is 0.0922. The van der Waals surface area contributed by atoms with Gasteiger partial charge in [-0.3, -0.25) is 0 Å². The lowest BCUT2D eigenvalue weighted by Crippen LogP contribution is -1.97. The van der Waals surface area contributed by atoms with Gasteiger partial charge in [-0.05, 0) is 18.2 Å². The number of aliphatic hydroxyl groups is 1. The van der Waals surface area contributed by atoms with E-state index in [1.165, 1.54) is 17.8 Å². The highest BCUT2D eigenvalue weighted by Crippen LogP contribution is 2.24. The van der Waals surface area contributed by atoms with Crippen LogP contribution in [0.25, 0.3) is 0 Å². The van der Waals surface area contributed by atoms with Crippen LogP contribution in [0.4, 0.5) is 0 Å². The van der Waals surface area contributed by atoms with Gasteiger partial charge in [0.15, 0.2) is 0 Å². The van der Waals surface area contributed by atoms with Gasteiger partial charge in [-0.2, -0.15) is 0 Å². The molecular weight excluding hydrogens is 224 g/mol. The zero-order chi connectivity index (χ0) is 10.6. The highest BCUT2D eigenvalue weighted by atomic mass is 35.5. The molecule has 0 atom stereocenters. The number of rotatable bonds is 4. The first-order valence-corrected chi connectivity index (χ1v) is 5.28. The maximum absolute atomic E-state index is 10.7. The third-order valence-electron chi connectivity index (χ3n) is 1.53. The van der Waals surface area contributed by atoms with Gasteiger partial charge in [0.05, 0.1) is 17.2 Å². The Morgan fingerprint density at radius 2 is 2.21 bits per heavy atom. The first kappa shape index (κ1) is 11.4. The number of carboxylic acid groups (broad SMARTS) is 1. The summed E-state index contributed by atoms with van der Waals surface area (Å²) < 4.78 is 0. The van der Waals surface area contributed by atoms with Gasteiger partial charge in [0, 0.05) is 10.6 Å². The highest BCUT2D eigenvalue weighted by Gasteiger charge is 2.09. The normalized spacial score (nSPS) is 10.1. The van der Waals surface area contributed by atoms with Crippen LogP contribution < -0.4 is 0 Å². The summed E-state index contributed by atoms with van der Waals surface area (Å²) >= 11 is 7.07. The first-order chi connectivity index (χ1) is 6.65. The molecule has 0 aliphatic rings. The Morgan fingerprint density at radius 3 is 2.79 bits per heavy atom. The molecule has 0 unspecified atom stereocenters. The number of carboxylic acids is 1.